The summed E-state index contributed by atoms with van der Waals surface area (Å²) < 4.78 is 6.17. The van der Waals surface area contributed by atoms with Crippen LogP contribution in [0.3, 0.4) is 0 Å². The highest BCUT2D eigenvalue weighted by atomic mass is 79.9. The number of methoxy groups -OCH3 is 1. The van der Waals surface area contributed by atoms with Crippen LogP contribution in [0, 0.1) is 0 Å². The maximum absolute atomic E-state index is 5.23. The predicted molar refractivity (Wildman–Crippen MR) is 87.5 cm³/mol. The molecule has 2 rings (SSSR count). The van der Waals surface area contributed by atoms with Crippen LogP contribution in [0.5, 0.6) is 5.75 Å². The lowest BCUT2D eigenvalue weighted by Gasteiger charge is -2.29. The molecule has 5 heteroatoms. The third-order valence-electron chi connectivity index (χ3n) is 3.42. The SMILES string of the molecule is CCC1(C)CCSC(Nc2ccc(OC)c(Br)c2)=N1. The van der Waals surface area contributed by atoms with Crippen molar-refractivity contribution < 1.29 is 4.74 Å². The smallest absolute Gasteiger partial charge is 0.161 e. The Kier molecular flexibility index (Phi) is 4.79. The number of nitrogens with zero attached hydrogens (tertiary/aromatic N) is 1. The van der Waals surface area contributed by atoms with Gasteiger partial charge in [-0.25, -0.2) is 0 Å². The van der Waals surface area contributed by atoms with E-state index in [1.807, 2.05) is 18.2 Å². The van der Waals surface area contributed by atoms with Crippen molar-refractivity contribution in [3.05, 3.63) is 22.7 Å². The molecule has 0 radical (unpaired) electrons. The Morgan fingerprint density at radius 1 is 1.53 bits per heavy atom. The molecule has 0 bridgehead atoms. The van der Waals surface area contributed by atoms with Crippen molar-refractivity contribution in [3.63, 3.8) is 0 Å². The number of rotatable bonds is 3. The average Bonchev–Trinajstić information content (AvgIpc) is 2.39. The van der Waals surface area contributed by atoms with Crippen LogP contribution in [0.2, 0.25) is 0 Å². The van der Waals surface area contributed by atoms with E-state index < -0.39 is 0 Å². The van der Waals surface area contributed by atoms with Crippen molar-refractivity contribution in [1.82, 2.24) is 0 Å². The Balaban J connectivity index is 2.15. The molecule has 1 aromatic rings. The number of hydrogen-bond acceptors (Lipinski definition) is 4. The number of halogens is 1. The highest BCUT2D eigenvalue weighted by molar-refractivity contribution is 9.10. The van der Waals surface area contributed by atoms with Gasteiger partial charge in [0.2, 0.25) is 0 Å². The maximum atomic E-state index is 5.23. The number of hydrogen-bond donors (Lipinski definition) is 1. The second-order valence-corrected chi connectivity index (χ2v) is 6.78. The van der Waals surface area contributed by atoms with Gasteiger partial charge in [0.1, 0.15) is 5.75 Å². The van der Waals surface area contributed by atoms with E-state index in [1.54, 1.807) is 18.9 Å². The Labute approximate surface area is 127 Å². The highest BCUT2D eigenvalue weighted by Crippen LogP contribution is 2.31. The van der Waals surface area contributed by atoms with Crippen molar-refractivity contribution in [2.45, 2.75) is 32.2 Å². The topological polar surface area (TPSA) is 33.6 Å². The molecular weight excluding hydrogens is 324 g/mol. The van der Waals surface area contributed by atoms with Crippen LogP contribution in [0.15, 0.2) is 27.7 Å². The van der Waals surface area contributed by atoms with Gasteiger partial charge in [0, 0.05) is 11.4 Å². The minimum atomic E-state index is 0.0806. The summed E-state index contributed by atoms with van der Waals surface area (Å²) in [6.07, 6.45) is 2.22. The number of ether oxygens (including phenoxy) is 1. The fourth-order valence-corrected chi connectivity index (χ4v) is 3.64. The minimum absolute atomic E-state index is 0.0806. The summed E-state index contributed by atoms with van der Waals surface area (Å²) in [6.45, 7) is 4.42. The minimum Gasteiger partial charge on any atom is -0.496 e. The number of nitrogens with one attached hydrogen (secondary N) is 1. The first-order valence-corrected chi connectivity index (χ1v) is 8.17. The van der Waals surface area contributed by atoms with E-state index in [1.165, 1.54) is 0 Å². The molecule has 0 spiro atoms. The Morgan fingerprint density at radius 2 is 2.32 bits per heavy atom. The molecule has 1 aromatic carbocycles. The fourth-order valence-electron chi connectivity index (χ4n) is 1.89. The standard InChI is InChI=1S/C14H19BrN2OS/c1-4-14(2)7-8-19-13(17-14)16-10-5-6-12(18-3)11(15)9-10/h5-6,9H,4,7-8H2,1-3H3,(H,16,17). The van der Waals surface area contributed by atoms with E-state index in [-0.39, 0.29) is 5.54 Å². The summed E-state index contributed by atoms with van der Waals surface area (Å²) in [5.74, 6) is 1.95. The summed E-state index contributed by atoms with van der Waals surface area (Å²) in [5.41, 5.74) is 1.11. The number of thioether (sulfide) groups is 1. The van der Waals surface area contributed by atoms with Crippen molar-refractivity contribution in [2.24, 2.45) is 4.99 Å². The van der Waals surface area contributed by atoms with Crippen molar-refractivity contribution >= 4 is 38.5 Å². The van der Waals surface area contributed by atoms with Crippen LogP contribution in [-0.2, 0) is 0 Å². The molecule has 19 heavy (non-hydrogen) atoms. The molecule has 1 atom stereocenters. The lowest BCUT2D eigenvalue weighted by Crippen LogP contribution is -2.29. The van der Waals surface area contributed by atoms with Crippen molar-refractivity contribution in [1.29, 1.82) is 0 Å². The second kappa shape index (κ2) is 6.18. The molecule has 0 amide bonds. The van der Waals surface area contributed by atoms with Gasteiger partial charge < -0.3 is 10.1 Å². The number of aliphatic imine (C=N–C) groups is 1. The van der Waals surface area contributed by atoms with Gasteiger partial charge >= 0.3 is 0 Å². The normalized spacial score (nSPS) is 22.8. The summed E-state index contributed by atoms with van der Waals surface area (Å²) in [5, 5.41) is 4.40. The summed E-state index contributed by atoms with van der Waals surface area (Å²) >= 11 is 5.28. The number of amidine groups is 1. The van der Waals surface area contributed by atoms with Gasteiger partial charge in [0.05, 0.1) is 17.1 Å². The molecule has 1 heterocycles. The summed E-state index contributed by atoms with van der Waals surface area (Å²) in [4.78, 5) is 4.82. The van der Waals surface area contributed by atoms with Crippen LogP contribution in [0.4, 0.5) is 5.69 Å². The van der Waals surface area contributed by atoms with E-state index in [2.05, 4.69) is 35.1 Å². The second-order valence-electron chi connectivity index (χ2n) is 4.84. The number of benzene rings is 1. The van der Waals surface area contributed by atoms with Gasteiger partial charge in [-0.3, -0.25) is 4.99 Å². The van der Waals surface area contributed by atoms with Gasteiger partial charge in [0.15, 0.2) is 5.17 Å². The monoisotopic (exact) mass is 342 g/mol. The van der Waals surface area contributed by atoms with Crippen LogP contribution in [0.1, 0.15) is 26.7 Å². The van der Waals surface area contributed by atoms with E-state index in [0.29, 0.717) is 0 Å². The Bertz CT molecular complexity index is 492. The molecule has 1 unspecified atom stereocenters. The van der Waals surface area contributed by atoms with Crippen molar-refractivity contribution in [2.75, 3.05) is 18.2 Å². The molecule has 0 fully saturated rings. The third-order valence-corrected chi connectivity index (χ3v) is 4.91. The molecule has 0 aliphatic carbocycles. The van der Waals surface area contributed by atoms with Crippen LogP contribution in [0.25, 0.3) is 0 Å². The Morgan fingerprint density at radius 3 is 2.95 bits per heavy atom. The fraction of sp³-hybridized carbons (Fsp3) is 0.500. The molecule has 1 aliphatic rings. The highest BCUT2D eigenvalue weighted by Gasteiger charge is 2.25. The molecule has 0 aromatic heterocycles. The average molecular weight is 343 g/mol. The maximum Gasteiger partial charge on any atom is 0.161 e. The third kappa shape index (κ3) is 3.66. The number of anilines is 1. The van der Waals surface area contributed by atoms with Gasteiger partial charge in [-0.2, -0.15) is 0 Å². The zero-order valence-corrected chi connectivity index (χ0v) is 13.9. The molecule has 3 nitrogen and oxygen atoms in total. The zero-order chi connectivity index (χ0) is 13.9. The predicted octanol–water partition coefficient (Wildman–Crippen LogP) is 4.53. The first-order chi connectivity index (χ1) is 9.06. The van der Waals surface area contributed by atoms with Crippen LogP contribution < -0.4 is 10.1 Å². The van der Waals surface area contributed by atoms with Gasteiger partial charge in [0.25, 0.3) is 0 Å². The van der Waals surface area contributed by atoms with E-state index in [0.717, 1.165) is 39.7 Å². The summed E-state index contributed by atoms with van der Waals surface area (Å²) in [6, 6.07) is 5.96. The molecule has 0 saturated carbocycles. The largest absolute Gasteiger partial charge is 0.496 e. The van der Waals surface area contributed by atoms with Crippen molar-refractivity contribution in [3.8, 4) is 5.75 Å². The van der Waals surface area contributed by atoms with Gasteiger partial charge in [-0.1, -0.05) is 18.7 Å². The first-order valence-electron chi connectivity index (χ1n) is 6.39. The summed E-state index contributed by atoms with van der Waals surface area (Å²) in [7, 11) is 1.67. The zero-order valence-electron chi connectivity index (χ0n) is 11.5. The van der Waals surface area contributed by atoms with Crippen LogP contribution in [-0.4, -0.2) is 23.6 Å². The van der Waals surface area contributed by atoms with Gasteiger partial charge in [-0.05, 0) is 53.9 Å². The molecular formula is C14H19BrN2OS. The lowest BCUT2D eigenvalue weighted by atomic mass is 9.97. The van der Waals surface area contributed by atoms with Gasteiger partial charge in [-0.15, -0.1) is 0 Å². The molecule has 0 saturated heterocycles. The molecule has 1 N–H and O–H groups in total. The van der Waals surface area contributed by atoms with E-state index in [9.17, 15) is 0 Å². The Hall–Kier alpha value is -0.680. The molecule has 1 aliphatic heterocycles. The van der Waals surface area contributed by atoms with E-state index >= 15 is 0 Å². The lowest BCUT2D eigenvalue weighted by molar-refractivity contribution is 0.412. The van der Waals surface area contributed by atoms with Crippen LogP contribution >= 0.6 is 27.7 Å². The first kappa shape index (κ1) is 14.7. The van der Waals surface area contributed by atoms with E-state index in [4.69, 9.17) is 9.73 Å². The quantitative estimate of drug-likeness (QED) is 0.875. The molecule has 104 valence electrons.